The minimum absolute atomic E-state index is 0.105. The monoisotopic (exact) mass is 279 g/mol. The van der Waals surface area contributed by atoms with E-state index in [0.29, 0.717) is 18.8 Å². The van der Waals surface area contributed by atoms with Gasteiger partial charge in [-0.15, -0.1) is 0 Å². The van der Waals surface area contributed by atoms with Crippen LogP contribution in [0, 0.1) is 0 Å². The molecule has 1 aromatic rings. The number of carbonyl (C=O) groups is 2. The average molecular weight is 279 g/mol. The van der Waals surface area contributed by atoms with Crippen molar-refractivity contribution < 1.29 is 14.3 Å². The van der Waals surface area contributed by atoms with Gasteiger partial charge in [-0.25, -0.2) is 0 Å². The number of anilines is 2. The van der Waals surface area contributed by atoms with Gasteiger partial charge in [0.2, 0.25) is 11.8 Å². The van der Waals surface area contributed by atoms with E-state index in [1.165, 1.54) is 6.92 Å². The standard InChI is InChI=1S/C14H21N3O3/c1-10(14(19)15-7-8-20-3)16-12-5-4-6-13(9-12)17-11(2)18/h4-6,9-10,16H,7-8H2,1-3H3,(H,15,19)(H,17,18). The molecule has 0 spiro atoms. The molecule has 3 N–H and O–H groups in total. The molecule has 110 valence electrons. The van der Waals surface area contributed by atoms with Crippen LogP contribution in [0.1, 0.15) is 13.8 Å². The zero-order valence-electron chi connectivity index (χ0n) is 12.0. The van der Waals surface area contributed by atoms with Crippen molar-refractivity contribution in [1.29, 1.82) is 0 Å². The second-order valence-corrected chi connectivity index (χ2v) is 4.41. The summed E-state index contributed by atoms with van der Waals surface area (Å²) in [4.78, 5) is 22.8. The van der Waals surface area contributed by atoms with E-state index in [9.17, 15) is 9.59 Å². The molecule has 0 saturated heterocycles. The van der Waals surface area contributed by atoms with Crippen LogP contribution in [0.15, 0.2) is 24.3 Å². The predicted octanol–water partition coefficient (Wildman–Crippen LogP) is 1.21. The first-order valence-corrected chi connectivity index (χ1v) is 6.43. The summed E-state index contributed by atoms with van der Waals surface area (Å²) in [7, 11) is 1.58. The first-order chi connectivity index (χ1) is 9.52. The zero-order valence-corrected chi connectivity index (χ0v) is 12.0. The fraction of sp³-hybridized carbons (Fsp3) is 0.429. The van der Waals surface area contributed by atoms with Gasteiger partial charge in [-0.05, 0) is 25.1 Å². The van der Waals surface area contributed by atoms with Gasteiger partial charge in [0.15, 0.2) is 0 Å². The molecule has 1 unspecified atom stereocenters. The Balaban J connectivity index is 2.54. The van der Waals surface area contributed by atoms with E-state index in [0.717, 1.165) is 5.69 Å². The van der Waals surface area contributed by atoms with Gasteiger partial charge in [0.25, 0.3) is 0 Å². The molecule has 1 aromatic carbocycles. The maximum atomic E-state index is 11.8. The summed E-state index contributed by atoms with van der Waals surface area (Å²) in [6.45, 7) is 4.18. The molecule has 0 fully saturated rings. The van der Waals surface area contributed by atoms with E-state index < -0.39 is 0 Å². The summed E-state index contributed by atoms with van der Waals surface area (Å²) in [6, 6.07) is 6.84. The van der Waals surface area contributed by atoms with Crippen molar-refractivity contribution in [3.8, 4) is 0 Å². The largest absolute Gasteiger partial charge is 0.383 e. The lowest BCUT2D eigenvalue weighted by Crippen LogP contribution is -2.39. The molecule has 0 aromatic heterocycles. The molecule has 0 bridgehead atoms. The summed E-state index contributed by atoms with van der Waals surface area (Å²) < 4.78 is 4.87. The van der Waals surface area contributed by atoms with Crippen LogP contribution in [-0.2, 0) is 14.3 Å². The Morgan fingerprint density at radius 2 is 2.00 bits per heavy atom. The lowest BCUT2D eigenvalue weighted by molar-refractivity contribution is -0.121. The first-order valence-electron chi connectivity index (χ1n) is 6.43. The zero-order chi connectivity index (χ0) is 15.0. The van der Waals surface area contributed by atoms with Crippen molar-refractivity contribution in [2.45, 2.75) is 19.9 Å². The van der Waals surface area contributed by atoms with Crippen molar-refractivity contribution in [2.24, 2.45) is 0 Å². The van der Waals surface area contributed by atoms with Gasteiger partial charge in [0, 0.05) is 32.0 Å². The highest BCUT2D eigenvalue weighted by molar-refractivity contribution is 5.89. The summed E-state index contributed by atoms with van der Waals surface area (Å²) in [6.07, 6.45) is 0. The van der Waals surface area contributed by atoms with Gasteiger partial charge >= 0.3 is 0 Å². The molecule has 1 rings (SSSR count). The predicted molar refractivity (Wildman–Crippen MR) is 78.7 cm³/mol. The third-order valence-corrected chi connectivity index (χ3v) is 2.56. The molecule has 0 saturated carbocycles. The van der Waals surface area contributed by atoms with Crippen LogP contribution in [0.5, 0.6) is 0 Å². The quantitative estimate of drug-likeness (QED) is 0.655. The number of hydrogen-bond acceptors (Lipinski definition) is 4. The van der Waals surface area contributed by atoms with Gasteiger partial charge in [-0.2, -0.15) is 0 Å². The van der Waals surface area contributed by atoms with Crippen molar-refractivity contribution in [3.63, 3.8) is 0 Å². The Morgan fingerprint density at radius 3 is 2.65 bits per heavy atom. The second kappa shape index (κ2) is 8.16. The number of ether oxygens (including phenoxy) is 1. The number of rotatable bonds is 7. The van der Waals surface area contributed by atoms with Crippen molar-refractivity contribution in [1.82, 2.24) is 5.32 Å². The highest BCUT2D eigenvalue weighted by Gasteiger charge is 2.11. The Bertz CT molecular complexity index is 463. The van der Waals surface area contributed by atoms with E-state index >= 15 is 0 Å². The molecular formula is C14H21N3O3. The Kier molecular flexibility index (Phi) is 6.52. The number of benzene rings is 1. The molecule has 0 heterocycles. The van der Waals surface area contributed by atoms with Crippen LogP contribution in [0.25, 0.3) is 0 Å². The Morgan fingerprint density at radius 1 is 1.30 bits per heavy atom. The summed E-state index contributed by atoms with van der Waals surface area (Å²) in [5.41, 5.74) is 1.46. The maximum absolute atomic E-state index is 11.8. The van der Waals surface area contributed by atoms with Gasteiger partial charge in [0.05, 0.1) is 6.61 Å². The van der Waals surface area contributed by atoms with Crippen molar-refractivity contribution >= 4 is 23.2 Å². The molecule has 2 amide bonds. The highest BCUT2D eigenvalue weighted by Crippen LogP contribution is 2.15. The van der Waals surface area contributed by atoms with Gasteiger partial charge < -0.3 is 20.7 Å². The van der Waals surface area contributed by atoms with Crippen molar-refractivity contribution in [3.05, 3.63) is 24.3 Å². The topological polar surface area (TPSA) is 79.5 Å². The van der Waals surface area contributed by atoms with E-state index in [4.69, 9.17) is 4.74 Å². The van der Waals surface area contributed by atoms with Crippen LogP contribution in [0.3, 0.4) is 0 Å². The lowest BCUT2D eigenvalue weighted by atomic mass is 10.2. The fourth-order valence-corrected chi connectivity index (χ4v) is 1.63. The summed E-state index contributed by atoms with van der Waals surface area (Å²) in [5, 5.41) is 8.53. The molecular weight excluding hydrogens is 258 g/mol. The van der Waals surface area contributed by atoms with Crippen LogP contribution >= 0.6 is 0 Å². The van der Waals surface area contributed by atoms with E-state index in [1.807, 2.05) is 12.1 Å². The lowest BCUT2D eigenvalue weighted by Gasteiger charge is -2.16. The molecule has 1 atom stereocenters. The minimum atomic E-state index is -0.376. The second-order valence-electron chi connectivity index (χ2n) is 4.41. The number of hydrogen-bond donors (Lipinski definition) is 3. The SMILES string of the molecule is COCCNC(=O)C(C)Nc1cccc(NC(C)=O)c1. The third-order valence-electron chi connectivity index (χ3n) is 2.56. The molecule has 0 aliphatic carbocycles. The molecule has 0 aliphatic rings. The number of nitrogens with one attached hydrogen (secondary N) is 3. The van der Waals surface area contributed by atoms with Gasteiger partial charge in [0.1, 0.15) is 6.04 Å². The average Bonchev–Trinajstić information content (AvgIpc) is 2.38. The first kappa shape index (κ1) is 16.0. The van der Waals surface area contributed by atoms with Crippen LogP contribution < -0.4 is 16.0 Å². The highest BCUT2D eigenvalue weighted by atomic mass is 16.5. The number of methoxy groups -OCH3 is 1. The smallest absolute Gasteiger partial charge is 0.242 e. The van der Waals surface area contributed by atoms with Crippen molar-refractivity contribution in [2.75, 3.05) is 30.9 Å². The minimum Gasteiger partial charge on any atom is -0.383 e. The molecule has 6 nitrogen and oxygen atoms in total. The maximum Gasteiger partial charge on any atom is 0.242 e. The Hall–Kier alpha value is -2.08. The van der Waals surface area contributed by atoms with Gasteiger partial charge in [-0.3, -0.25) is 9.59 Å². The molecule has 0 radical (unpaired) electrons. The van der Waals surface area contributed by atoms with Gasteiger partial charge in [-0.1, -0.05) is 6.07 Å². The van der Waals surface area contributed by atoms with E-state index in [-0.39, 0.29) is 17.9 Å². The van der Waals surface area contributed by atoms with Crippen LogP contribution in [-0.4, -0.2) is 38.1 Å². The fourth-order valence-electron chi connectivity index (χ4n) is 1.63. The molecule has 0 aliphatic heterocycles. The summed E-state index contributed by atoms with van der Waals surface area (Å²) >= 11 is 0. The normalized spacial score (nSPS) is 11.6. The van der Waals surface area contributed by atoms with Crippen LogP contribution in [0.2, 0.25) is 0 Å². The number of amides is 2. The molecule has 6 heteroatoms. The third kappa shape index (κ3) is 5.71. The Labute approximate surface area is 118 Å². The van der Waals surface area contributed by atoms with E-state index in [1.54, 1.807) is 26.2 Å². The van der Waals surface area contributed by atoms with Crippen LogP contribution in [0.4, 0.5) is 11.4 Å². The van der Waals surface area contributed by atoms with E-state index in [2.05, 4.69) is 16.0 Å². The summed E-state index contributed by atoms with van der Waals surface area (Å²) in [5.74, 6) is -0.237. The molecule has 20 heavy (non-hydrogen) atoms. The number of carbonyl (C=O) groups excluding carboxylic acids is 2.